The third-order valence-corrected chi connectivity index (χ3v) is 3.94. The number of aliphatic hydroxyl groups excluding tert-OH is 1. The molecule has 0 aliphatic carbocycles. The molecule has 0 unspecified atom stereocenters. The molecule has 0 radical (unpaired) electrons. The van der Waals surface area contributed by atoms with Crippen molar-refractivity contribution < 1.29 is 9.84 Å². The van der Waals surface area contributed by atoms with E-state index in [0.29, 0.717) is 11.8 Å². The lowest BCUT2D eigenvalue weighted by Crippen LogP contribution is -2.36. The van der Waals surface area contributed by atoms with Crippen molar-refractivity contribution in [1.82, 2.24) is 14.9 Å². The van der Waals surface area contributed by atoms with E-state index in [9.17, 15) is 0 Å². The SMILES string of the molecule is OCCN1CCC[C@H](c2cncc(Oc3ccccc3)n2)C1. The van der Waals surface area contributed by atoms with E-state index in [4.69, 9.17) is 9.84 Å². The fourth-order valence-electron chi connectivity index (χ4n) is 2.86. The minimum absolute atomic E-state index is 0.204. The number of aliphatic hydroxyl groups is 1. The predicted molar refractivity (Wildman–Crippen MR) is 84.0 cm³/mol. The first-order valence-electron chi connectivity index (χ1n) is 7.73. The van der Waals surface area contributed by atoms with Crippen LogP contribution in [-0.2, 0) is 0 Å². The first kappa shape index (κ1) is 14.9. The maximum atomic E-state index is 9.09. The van der Waals surface area contributed by atoms with Gasteiger partial charge in [-0.25, -0.2) is 4.98 Å². The summed E-state index contributed by atoms with van der Waals surface area (Å²) in [6.07, 6.45) is 5.69. The van der Waals surface area contributed by atoms with Gasteiger partial charge in [0.15, 0.2) is 0 Å². The molecule has 1 fully saturated rings. The van der Waals surface area contributed by atoms with Gasteiger partial charge in [-0.2, -0.15) is 0 Å². The van der Waals surface area contributed by atoms with Crippen LogP contribution in [0.5, 0.6) is 11.6 Å². The Kier molecular flexibility index (Phi) is 4.98. The van der Waals surface area contributed by atoms with Gasteiger partial charge in [0.05, 0.1) is 18.5 Å². The molecule has 3 rings (SSSR count). The number of para-hydroxylation sites is 1. The monoisotopic (exact) mass is 299 g/mol. The summed E-state index contributed by atoms with van der Waals surface area (Å²) in [5.41, 5.74) is 0.969. The van der Waals surface area contributed by atoms with Crippen molar-refractivity contribution in [3.8, 4) is 11.6 Å². The Balaban J connectivity index is 1.70. The van der Waals surface area contributed by atoms with E-state index in [2.05, 4.69) is 14.9 Å². The average molecular weight is 299 g/mol. The van der Waals surface area contributed by atoms with Crippen LogP contribution in [0.25, 0.3) is 0 Å². The number of benzene rings is 1. The van der Waals surface area contributed by atoms with Crippen LogP contribution in [-0.4, -0.2) is 46.2 Å². The number of β-amino-alcohol motifs (C(OH)–C–C–N with tert-alkyl or cyclic N) is 1. The lowest BCUT2D eigenvalue weighted by Gasteiger charge is -2.31. The highest BCUT2D eigenvalue weighted by molar-refractivity contribution is 5.26. The van der Waals surface area contributed by atoms with E-state index in [0.717, 1.165) is 43.9 Å². The van der Waals surface area contributed by atoms with E-state index in [1.165, 1.54) is 0 Å². The van der Waals surface area contributed by atoms with Gasteiger partial charge in [-0.1, -0.05) is 18.2 Å². The highest BCUT2D eigenvalue weighted by Crippen LogP contribution is 2.27. The Morgan fingerprint density at radius 1 is 1.23 bits per heavy atom. The number of ether oxygens (including phenoxy) is 1. The molecule has 1 aromatic carbocycles. The van der Waals surface area contributed by atoms with Crippen molar-refractivity contribution in [2.75, 3.05) is 26.2 Å². The first-order chi connectivity index (χ1) is 10.8. The largest absolute Gasteiger partial charge is 0.437 e. The van der Waals surface area contributed by atoms with Gasteiger partial charge in [0.2, 0.25) is 5.88 Å². The molecule has 1 saturated heterocycles. The van der Waals surface area contributed by atoms with Gasteiger partial charge in [-0.3, -0.25) is 4.98 Å². The van der Waals surface area contributed by atoms with Crippen LogP contribution >= 0.6 is 0 Å². The van der Waals surface area contributed by atoms with Crippen LogP contribution < -0.4 is 4.74 Å². The molecule has 116 valence electrons. The number of aromatic nitrogens is 2. The maximum Gasteiger partial charge on any atom is 0.238 e. The maximum absolute atomic E-state index is 9.09. The summed E-state index contributed by atoms with van der Waals surface area (Å²) in [4.78, 5) is 11.2. The van der Waals surface area contributed by atoms with Gasteiger partial charge >= 0.3 is 0 Å². The molecule has 1 N–H and O–H groups in total. The van der Waals surface area contributed by atoms with Crippen LogP contribution in [0.4, 0.5) is 0 Å². The number of piperidine rings is 1. The molecule has 0 bridgehead atoms. The van der Waals surface area contributed by atoms with Crippen molar-refractivity contribution >= 4 is 0 Å². The number of rotatable bonds is 5. The predicted octanol–water partition coefficient (Wildman–Crippen LogP) is 2.44. The standard InChI is InChI=1S/C17H21N3O2/c21-10-9-20-8-4-5-14(13-20)16-11-18-12-17(19-16)22-15-6-2-1-3-7-15/h1-3,6-7,11-12,14,21H,4-5,8-10,13H2/t14-/m0/s1. The molecular weight excluding hydrogens is 278 g/mol. The van der Waals surface area contributed by atoms with Crippen molar-refractivity contribution in [3.63, 3.8) is 0 Å². The minimum atomic E-state index is 0.204. The van der Waals surface area contributed by atoms with Crippen molar-refractivity contribution in [2.45, 2.75) is 18.8 Å². The highest BCUT2D eigenvalue weighted by Gasteiger charge is 2.22. The van der Waals surface area contributed by atoms with Crippen LogP contribution in [0.1, 0.15) is 24.5 Å². The molecule has 1 aliphatic heterocycles. The summed E-state index contributed by atoms with van der Waals surface area (Å²) >= 11 is 0. The van der Waals surface area contributed by atoms with Gasteiger partial charge in [0, 0.05) is 25.2 Å². The number of likely N-dealkylation sites (tertiary alicyclic amines) is 1. The molecule has 1 aromatic heterocycles. The van der Waals surface area contributed by atoms with Gasteiger partial charge < -0.3 is 14.7 Å². The van der Waals surface area contributed by atoms with Crippen LogP contribution in [0.2, 0.25) is 0 Å². The molecule has 5 heteroatoms. The summed E-state index contributed by atoms with van der Waals surface area (Å²) in [6, 6.07) is 9.61. The lowest BCUT2D eigenvalue weighted by atomic mass is 9.95. The minimum Gasteiger partial charge on any atom is -0.437 e. The molecule has 1 aliphatic rings. The second-order valence-corrected chi connectivity index (χ2v) is 5.56. The van der Waals surface area contributed by atoms with E-state index < -0.39 is 0 Å². The van der Waals surface area contributed by atoms with Gasteiger partial charge in [-0.05, 0) is 31.5 Å². The molecule has 2 aromatic rings. The number of hydrogen-bond acceptors (Lipinski definition) is 5. The molecule has 5 nitrogen and oxygen atoms in total. The Bertz CT molecular complexity index is 589. The Labute approximate surface area is 130 Å². The summed E-state index contributed by atoms with van der Waals surface area (Å²) in [5.74, 6) is 1.65. The zero-order valence-electron chi connectivity index (χ0n) is 12.6. The fourth-order valence-corrected chi connectivity index (χ4v) is 2.86. The number of hydrogen-bond donors (Lipinski definition) is 1. The summed E-state index contributed by atoms with van der Waals surface area (Å²) in [5, 5.41) is 9.09. The molecular formula is C17H21N3O2. The second-order valence-electron chi connectivity index (χ2n) is 5.56. The normalized spacial score (nSPS) is 19.0. The van der Waals surface area contributed by atoms with Crippen molar-refractivity contribution in [2.24, 2.45) is 0 Å². The quantitative estimate of drug-likeness (QED) is 0.919. The smallest absolute Gasteiger partial charge is 0.238 e. The number of nitrogens with zero attached hydrogens (tertiary/aromatic N) is 3. The van der Waals surface area contributed by atoms with Crippen LogP contribution in [0.3, 0.4) is 0 Å². The summed E-state index contributed by atoms with van der Waals surface area (Å²) in [7, 11) is 0. The second kappa shape index (κ2) is 7.33. The molecule has 0 saturated carbocycles. The van der Waals surface area contributed by atoms with Crippen molar-refractivity contribution in [1.29, 1.82) is 0 Å². The van der Waals surface area contributed by atoms with E-state index in [1.54, 1.807) is 6.20 Å². The molecule has 0 spiro atoms. The Hall–Kier alpha value is -1.98. The topological polar surface area (TPSA) is 58.5 Å². The molecule has 1 atom stereocenters. The van der Waals surface area contributed by atoms with E-state index >= 15 is 0 Å². The van der Waals surface area contributed by atoms with Crippen molar-refractivity contribution in [3.05, 3.63) is 48.4 Å². The van der Waals surface area contributed by atoms with Gasteiger partial charge in [-0.15, -0.1) is 0 Å². The summed E-state index contributed by atoms with van der Waals surface area (Å²) in [6.45, 7) is 2.90. The molecule has 2 heterocycles. The molecule has 0 amide bonds. The third-order valence-electron chi connectivity index (χ3n) is 3.94. The lowest BCUT2D eigenvalue weighted by molar-refractivity contribution is 0.160. The Morgan fingerprint density at radius 2 is 2.09 bits per heavy atom. The Morgan fingerprint density at radius 3 is 2.91 bits per heavy atom. The third kappa shape index (κ3) is 3.81. The zero-order valence-corrected chi connectivity index (χ0v) is 12.6. The van der Waals surface area contributed by atoms with Gasteiger partial charge in [0.25, 0.3) is 0 Å². The van der Waals surface area contributed by atoms with Crippen LogP contribution in [0.15, 0.2) is 42.7 Å². The average Bonchev–Trinajstić information content (AvgIpc) is 2.57. The van der Waals surface area contributed by atoms with E-state index in [-0.39, 0.29) is 6.61 Å². The zero-order chi connectivity index (χ0) is 15.2. The van der Waals surface area contributed by atoms with E-state index in [1.807, 2.05) is 36.5 Å². The summed E-state index contributed by atoms with van der Waals surface area (Å²) < 4.78 is 5.76. The first-order valence-corrected chi connectivity index (χ1v) is 7.73. The fraction of sp³-hybridized carbons (Fsp3) is 0.412. The van der Waals surface area contributed by atoms with Gasteiger partial charge in [0.1, 0.15) is 5.75 Å². The molecule has 22 heavy (non-hydrogen) atoms. The highest BCUT2D eigenvalue weighted by atomic mass is 16.5. The van der Waals surface area contributed by atoms with Crippen LogP contribution in [0, 0.1) is 0 Å².